The lowest BCUT2D eigenvalue weighted by Crippen LogP contribution is -2.20. The Labute approximate surface area is 117 Å². The van der Waals surface area contributed by atoms with Gasteiger partial charge in [0.25, 0.3) is 0 Å². The van der Waals surface area contributed by atoms with Crippen molar-refractivity contribution in [2.45, 2.75) is 20.3 Å². The van der Waals surface area contributed by atoms with Crippen LogP contribution in [-0.4, -0.2) is 32.7 Å². The molecule has 0 saturated heterocycles. The number of carbonyl (C=O) groups is 1. The lowest BCUT2D eigenvalue weighted by molar-refractivity contribution is -0.116. The third-order valence-corrected chi connectivity index (χ3v) is 3.01. The van der Waals surface area contributed by atoms with E-state index in [-0.39, 0.29) is 11.8 Å². The van der Waals surface area contributed by atoms with E-state index in [1.54, 1.807) is 4.68 Å². The highest BCUT2D eigenvalue weighted by atomic mass is 16.1. The summed E-state index contributed by atoms with van der Waals surface area (Å²) in [4.78, 5) is 11.8. The van der Waals surface area contributed by atoms with Gasteiger partial charge in [-0.05, 0) is 53.6 Å². The van der Waals surface area contributed by atoms with Crippen molar-refractivity contribution in [2.75, 3.05) is 11.9 Å². The van der Waals surface area contributed by atoms with Gasteiger partial charge in [0.15, 0.2) is 0 Å². The molecule has 20 heavy (non-hydrogen) atoms. The van der Waals surface area contributed by atoms with Gasteiger partial charge in [-0.15, -0.1) is 5.10 Å². The molecular formula is C13H18N6O. The van der Waals surface area contributed by atoms with Gasteiger partial charge in [-0.2, -0.15) is 0 Å². The molecule has 2 aromatic rings. The van der Waals surface area contributed by atoms with Gasteiger partial charge in [0, 0.05) is 12.1 Å². The molecule has 7 nitrogen and oxygen atoms in total. The summed E-state index contributed by atoms with van der Waals surface area (Å²) in [6, 6.07) is 5.59. The molecule has 0 aliphatic rings. The van der Waals surface area contributed by atoms with Crippen molar-refractivity contribution in [3.8, 4) is 5.69 Å². The summed E-state index contributed by atoms with van der Waals surface area (Å²) in [6.45, 7) is 4.39. The number of anilines is 1. The van der Waals surface area contributed by atoms with Crippen molar-refractivity contribution >= 4 is 11.6 Å². The number of hydrogen-bond donors (Lipinski definition) is 2. The fourth-order valence-electron chi connectivity index (χ4n) is 1.87. The molecule has 7 heteroatoms. The summed E-state index contributed by atoms with van der Waals surface area (Å²) < 4.78 is 1.58. The maximum absolute atomic E-state index is 11.8. The second kappa shape index (κ2) is 6.25. The normalized spacial score (nSPS) is 12.2. The van der Waals surface area contributed by atoms with Gasteiger partial charge in [-0.25, -0.2) is 4.68 Å². The van der Waals surface area contributed by atoms with Gasteiger partial charge in [0.2, 0.25) is 5.91 Å². The van der Waals surface area contributed by atoms with Crippen LogP contribution in [0.15, 0.2) is 24.5 Å². The predicted molar refractivity (Wildman–Crippen MR) is 75.4 cm³/mol. The molecule has 0 aliphatic heterocycles. The summed E-state index contributed by atoms with van der Waals surface area (Å²) >= 11 is 0. The standard InChI is InChI=1S/C13H18N6O/c1-9(7-14)5-13(20)16-11-3-4-12(10(2)6-11)19-8-15-17-18-19/h3-4,6,8-9H,5,7,14H2,1-2H3,(H,16,20). The number of hydrogen-bond acceptors (Lipinski definition) is 5. The Balaban J connectivity index is 2.08. The van der Waals surface area contributed by atoms with Crippen LogP contribution < -0.4 is 11.1 Å². The van der Waals surface area contributed by atoms with Crippen molar-refractivity contribution in [1.29, 1.82) is 0 Å². The van der Waals surface area contributed by atoms with Gasteiger partial charge in [-0.3, -0.25) is 4.79 Å². The van der Waals surface area contributed by atoms with Crippen LogP contribution in [0.1, 0.15) is 18.9 Å². The van der Waals surface area contributed by atoms with E-state index in [9.17, 15) is 4.79 Å². The smallest absolute Gasteiger partial charge is 0.224 e. The Kier molecular flexibility index (Phi) is 4.41. The highest BCUT2D eigenvalue weighted by Crippen LogP contribution is 2.18. The van der Waals surface area contributed by atoms with Crippen molar-refractivity contribution in [2.24, 2.45) is 11.7 Å². The number of aromatic nitrogens is 4. The maximum Gasteiger partial charge on any atom is 0.224 e. The zero-order chi connectivity index (χ0) is 14.5. The number of benzene rings is 1. The Morgan fingerprint density at radius 3 is 2.90 bits per heavy atom. The Hall–Kier alpha value is -2.28. The Morgan fingerprint density at radius 2 is 2.30 bits per heavy atom. The molecule has 1 unspecified atom stereocenters. The van der Waals surface area contributed by atoms with E-state index in [2.05, 4.69) is 20.8 Å². The number of carbonyl (C=O) groups excluding carboxylic acids is 1. The van der Waals surface area contributed by atoms with Crippen LogP contribution in [0.2, 0.25) is 0 Å². The molecule has 1 atom stereocenters. The number of nitrogens with two attached hydrogens (primary N) is 1. The van der Waals surface area contributed by atoms with Gasteiger partial charge in [0.05, 0.1) is 5.69 Å². The zero-order valence-electron chi connectivity index (χ0n) is 11.6. The first-order valence-electron chi connectivity index (χ1n) is 6.44. The molecule has 2 rings (SSSR count). The van der Waals surface area contributed by atoms with E-state index in [4.69, 9.17) is 5.73 Å². The summed E-state index contributed by atoms with van der Waals surface area (Å²) in [6.07, 6.45) is 1.95. The number of nitrogens with one attached hydrogen (secondary N) is 1. The van der Waals surface area contributed by atoms with E-state index < -0.39 is 0 Å². The molecule has 1 heterocycles. The minimum atomic E-state index is -0.0301. The van der Waals surface area contributed by atoms with Gasteiger partial charge in [-0.1, -0.05) is 6.92 Å². The van der Waals surface area contributed by atoms with E-state index >= 15 is 0 Å². The number of nitrogens with zero attached hydrogens (tertiary/aromatic N) is 4. The van der Waals surface area contributed by atoms with E-state index in [1.807, 2.05) is 32.0 Å². The van der Waals surface area contributed by atoms with Gasteiger partial charge >= 0.3 is 0 Å². The largest absolute Gasteiger partial charge is 0.330 e. The van der Waals surface area contributed by atoms with Crippen LogP contribution in [0.4, 0.5) is 5.69 Å². The predicted octanol–water partition coefficient (Wildman–Crippen LogP) is 0.894. The molecule has 3 N–H and O–H groups in total. The van der Waals surface area contributed by atoms with Crippen molar-refractivity contribution < 1.29 is 4.79 Å². The van der Waals surface area contributed by atoms with Gasteiger partial charge in [0.1, 0.15) is 6.33 Å². The highest BCUT2D eigenvalue weighted by molar-refractivity contribution is 5.91. The second-order valence-corrected chi connectivity index (χ2v) is 4.85. The number of aryl methyl sites for hydroxylation is 1. The lowest BCUT2D eigenvalue weighted by atomic mass is 10.1. The fraction of sp³-hybridized carbons (Fsp3) is 0.385. The zero-order valence-corrected chi connectivity index (χ0v) is 11.6. The first kappa shape index (κ1) is 14.1. The molecule has 0 radical (unpaired) electrons. The lowest BCUT2D eigenvalue weighted by Gasteiger charge is -2.11. The Morgan fingerprint density at radius 1 is 1.50 bits per heavy atom. The van der Waals surface area contributed by atoms with Crippen molar-refractivity contribution in [3.05, 3.63) is 30.1 Å². The van der Waals surface area contributed by atoms with Crippen LogP contribution >= 0.6 is 0 Å². The minimum Gasteiger partial charge on any atom is -0.330 e. The number of amides is 1. The molecule has 1 amide bonds. The Bertz CT molecular complexity index is 581. The summed E-state index contributed by atoms with van der Waals surface area (Å²) in [5, 5.41) is 13.9. The van der Waals surface area contributed by atoms with Crippen LogP contribution in [-0.2, 0) is 4.79 Å². The second-order valence-electron chi connectivity index (χ2n) is 4.85. The first-order valence-corrected chi connectivity index (χ1v) is 6.44. The molecule has 0 spiro atoms. The molecular weight excluding hydrogens is 256 g/mol. The summed E-state index contributed by atoms with van der Waals surface area (Å²) in [5.41, 5.74) is 8.12. The molecule has 0 saturated carbocycles. The summed E-state index contributed by atoms with van der Waals surface area (Å²) in [5.74, 6) is 0.147. The molecule has 106 valence electrons. The van der Waals surface area contributed by atoms with Crippen molar-refractivity contribution in [3.63, 3.8) is 0 Å². The third-order valence-electron chi connectivity index (χ3n) is 3.01. The average Bonchev–Trinajstić information content (AvgIpc) is 2.92. The number of rotatable bonds is 5. The highest BCUT2D eigenvalue weighted by Gasteiger charge is 2.09. The molecule has 0 fully saturated rings. The fourth-order valence-corrected chi connectivity index (χ4v) is 1.87. The van der Waals surface area contributed by atoms with Crippen LogP contribution in [0.25, 0.3) is 5.69 Å². The third kappa shape index (κ3) is 3.39. The molecule has 1 aromatic heterocycles. The van der Waals surface area contributed by atoms with E-state index in [0.29, 0.717) is 13.0 Å². The minimum absolute atomic E-state index is 0.0301. The van der Waals surface area contributed by atoms with Crippen LogP contribution in [0, 0.1) is 12.8 Å². The molecule has 0 aliphatic carbocycles. The molecule has 1 aromatic carbocycles. The molecule has 0 bridgehead atoms. The number of tetrazole rings is 1. The van der Waals surface area contributed by atoms with Crippen LogP contribution in [0.3, 0.4) is 0 Å². The quantitative estimate of drug-likeness (QED) is 0.843. The SMILES string of the molecule is Cc1cc(NC(=O)CC(C)CN)ccc1-n1cnnn1. The van der Waals surface area contributed by atoms with E-state index in [0.717, 1.165) is 16.9 Å². The van der Waals surface area contributed by atoms with E-state index in [1.165, 1.54) is 6.33 Å². The summed E-state index contributed by atoms with van der Waals surface area (Å²) in [7, 11) is 0. The van der Waals surface area contributed by atoms with Crippen LogP contribution in [0.5, 0.6) is 0 Å². The monoisotopic (exact) mass is 274 g/mol. The van der Waals surface area contributed by atoms with Gasteiger partial charge < -0.3 is 11.1 Å². The average molecular weight is 274 g/mol. The first-order chi connectivity index (χ1) is 9.60. The van der Waals surface area contributed by atoms with Crippen molar-refractivity contribution in [1.82, 2.24) is 20.2 Å². The topological polar surface area (TPSA) is 98.7 Å². The maximum atomic E-state index is 11.8.